The molecular weight excluding hydrogens is 264 g/mol. The number of likely N-dealkylation sites (N-methyl/N-ethyl adjacent to an activating group) is 2. The fourth-order valence-electron chi connectivity index (χ4n) is 3.09. The maximum Gasteiger partial charge on any atom is 0.118 e. The molecule has 118 valence electrons. The summed E-state index contributed by atoms with van der Waals surface area (Å²) in [7, 11) is 3.90. The van der Waals surface area contributed by atoms with Crippen molar-refractivity contribution in [2.24, 2.45) is 0 Å². The van der Waals surface area contributed by atoms with E-state index in [0.717, 1.165) is 31.9 Å². The smallest absolute Gasteiger partial charge is 0.118 e. The molecule has 1 fully saturated rings. The van der Waals surface area contributed by atoms with Gasteiger partial charge in [-0.1, -0.05) is 19.1 Å². The first kappa shape index (κ1) is 16.3. The Bertz CT molecular complexity index is 421. The summed E-state index contributed by atoms with van der Waals surface area (Å²) in [4.78, 5) is 2.43. The Morgan fingerprint density at radius 1 is 1.38 bits per heavy atom. The third kappa shape index (κ3) is 4.19. The topological polar surface area (TPSA) is 33.7 Å². The van der Waals surface area contributed by atoms with Crippen LogP contribution < -0.4 is 10.1 Å². The van der Waals surface area contributed by atoms with Gasteiger partial charge in [0.05, 0.1) is 13.2 Å². The summed E-state index contributed by atoms with van der Waals surface area (Å²) in [6.07, 6.45) is 1.45. The fourth-order valence-corrected chi connectivity index (χ4v) is 3.09. The number of nitrogens with zero attached hydrogens (tertiary/aromatic N) is 1. The van der Waals surface area contributed by atoms with Gasteiger partial charge in [0, 0.05) is 25.2 Å². The van der Waals surface area contributed by atoms with Gasteiger partial charge in [-0.2, -0.15) is 0 Å². The van der Waals surface area contributed by atoms with E-state index in [1.807, 2.05) is 12.1 Å². The predicted octanol–water partition coefficient (Wildman–Crippen LogP) is 2.46. The van der Waals surface area contributed by atoms with Crippen LogP contribution in [0.25, 0.3) is 0 Å². The van der Waals surface area contributed by atoms with Crippen molar-refractivity contribution in [1.82, 2.24) is 10.2 Å². The highest BCUT2D eigenvalue weighted by Gasteiger charge is 2.29. The number of ether oxygens (including phenoxy) is 2. The molecule has 4 nitrogen and oxygen atoms in total. The zero-order chi connectivity index (χ0) is 15.2. The molecule has 1 aromatic rings. The first-order valence-electron chi connectivity index (χ1n) is 7.84. The van der Waals surface area contributed by atoms with Crippen molar-refractivity contribution in [2.75, 3.05) is 33.9 Å². The highest BCUT2D eigenvalue weighted by atomic mass is 16.5. The average molecular weight is 292 g/mol. The van der Waals surface area contributed by atoms with Gasteiger partial charge in [0.2, 0.25) is 0 Å². The Hall–Kier alpha value is -1.10. The summed E-state index contributed by atoms with van der Waals surface area (Å²) in [5.41, 5.74) is 1.30. The van der Waals surface area contributed by atoms with E-state index in [4.69, 9.17) is 9.47 Å². The molecule has 3 atom stereocenters. The quantitative estimate of drug-likeness (QED) is 0.837. The molecule has 1 aromatic carbocycles. The second-order valence-electron chi connectivity index (χ2n) is 5.75. The minimum atomic E-state index is 0.327. The van der Waals surface area contributed by atoms with E-state index in [1.165, 1.54) is 5.56 Å². The monoisotopic (exact) mass is 292 g/mol. The lowest BCUT2D eigenvalue weighted by Gasteiger charge is -2.31. The van der Waals surface area contributed by atoms with Gasteiger partial charge in [0.15, 0.2) is 0 Å². The van der Waals surface area contributed by atoms with E-state index < -0.39 is 0 Å². The zero-order valence-corrected chi connectivity index (χ0v) is 13.6. The Labute approximate surface area is 128 Å². The van der Waals surface area contributed by atoms with Gasteiger partial charge >= 0.3 is 0 Å². The molecule has 0 aromatic heterocycles. The van der Waals surface area contributed by atoms with Gasteiger partial charge < -0.3 is 14.8 Å². The van der Waals surface area contributed by atoms with Crippen LogP contribution >= 0.6 is 0 Å². The van der Waals surface area contributed by atoms with Crippen LogP contribution in [0.15, 0.2) is 24.3 Å². The van der Waals surface area contributed by atoms with Crippen molar-refractivity contribution in [2.45, 2.75) is 38.5 Å². The molecule has 1 aliphatic rings. The average Bonchev–Trinajstić information content (AvgIpc) is 2.93. The van der Waals surface area contributed by atoms with Crippen molar-refractivity contribution >= 4 is 0 Å². The number of hydrogen-bond acceptors (Lipinski definition) is 4. The third-order valence-corrected chi connectivity index (χ3v) is 4.34. The minimum absolute atomic E-state index is 0.327. The highest BCUT2D eigenvalue weighted by molar-refractivity contribution is 5.29. The summed E-state index contributed by atoms with van der Waals surface area (Å²) in [5.74, 6) is 0.903. The van der Waals surface area contributed by atoms with E-state index in [2.05, 4.69) is 43.2 Å². The van der Waals surface area contributed by atoms with Crippen LogP contribution in [0.2, 0.25) is 0 Å². The van der Waals surface area contributed by atoms with Crippen LogP contribution in [0.1, 0.15) is 31.9 Å². The number of benzene rings is 1. The molecule has 1 heterocycles. The molecule has 0 radical (unpaired) electrons. The van der Waals surface area contributed by atoms with E-state index in [0.29, 0.717) is 18.2 Å². The minimum Gasteiger partial charge on any atom is -0.497 e. The predicted molar refractivity (Wildman–Crippen MR) is 85.9 cm³/mol. The molecule has 0 spiro atoms. The standard InChI is InChI=1S/C17H28N2O2/c1-5-18-16(14-6-8-15(20-4)9-7-14)12-19(3)17-10-11-21-13(17)2/h6-9,13,16-18H,5,10-12H2,1-4H3. The van der Waals surface area contributed by atoms with Gasteiger partial charge in [0.25, 0.3) is 0 Å². The molecule has 1 N–H and O–H groups in total. The van der Waals surface area contributed by atoms with Crippen LogP contribution in [0.3, 0.4) is 0 Å². The van der Waals surface area contributed by atoms with Crippen LogP contribution in [-0.2, 0) is 4.74 Å². The maximum atomic E-state index is 5.69. The van der Waals surface area contributed by atoms with Crippen LogP contribution in [-0.4, -0.2) is 50.9 Å². The third-order valence-electron chi connectivity index (χ3n) is 4.34. The van der Waals surface area contributed by atoms with Gasteiger partial charge in [0.1, 0.15) is 5.75 Å². The molecule has 1 saturated heterocycles. The van der Waals surface area contributed by atoms with Crippen LogP contribution in [0.5, 0.6) is 5.75 Å². The molecule has 0 amide bonds. The number of methoxy groups -OCH3 is 1. The molecule has 0 saturated carbocycles. The Balaban J connectivity index is 2.03. The van der Waals surface area contributed by atoms with E-state index in [1.54, 1.807) is 7.11 Å². The van der Waals surface area contributed by atoms with Crippen LogP contribution in [0, 0.1) is 0 Å². The summed E-state index contributed by atoms with van der Waals surface area (Å²) in [6, 6.07) is 9.20. The Morgan fingerprint density at radius 2 is 2.10 bits per heavy atom. The lowest BCUT2D eigenvalue weighted by atomic mass is 10.0. The van der Waals surface area contributed by atoms with Crippen molar-refractivity contribution in [3.8, 4) is 5.75 Å². The van der Waals surface area contributed by atoms with E-state index in [9.17, 15) is 0 Å². The molecule has 0 bridgehead atoms. The zero-order valence-electron chi connectivity index (χ0n) is 13.6. The first-order chi connectivity index (χ1) is 10.2. The normalized spacial score (nSPS) is 23.5. The molecule has 1 aliphatic heterocycles. The lowest BCUT2D eigenvalue weighted by Crippen LogP contribution is -2.42. The number of nitrogens with one attached hydrogen (secondary N) is 1. The second-order valence-corrected chi connectivity index (χ2v) is 5.75. The highest BCUT2D eigenvalue weighted by Crippen LogP contribution is 2.23. The summed E-state index contributed by atoms with van der Waals surface area (Å²) < 4.78 is 10.9. The Kier molecular flexibility index (Phi) is 6.03. The number of hydrogen-bond donors (Lipinski definition) is 1. The van der Waals surface area contributed by atoms with Crippen LogP contribution in [0.4, 0.5) is 0 Å². The number of rotatable bonds is 7. The SMILES string of the molecule is CCNC(CN(C)C1CCOC1C)c1ccc(OC)cc1. The summed E-state index contributed by atoms with van der Waals surface area (Å²) >= 11 is 0. The summed E-state index contributed by atoms with van der Waals surface area (Å²) in [5, 5.41) is 3.58. The van der Waals surface area contributed by atoms with Crippen molar-refractivity contribution in [3.63, 3.8) is 0 Å². The maximum absolute atomic E-state index is 5.69. The molecule has 3 unspecified atom stereocenters. The summed E-state index contributed by atoms with van der Waals surface area (Å²) in [6.45, 7) is 7.14. The van der Waals surface area contributed by atoms with Crippen molar-refractivity contribution < 1.29 is 9.47 Å². The van der Waals surface area contributed by atoms with E-state index >= 15 is 0 Å². The second kappa shape index (κ2) is 7.78. The Morgan fingerprint density at radius 3 is 2.62 bits per heavy atom. The van der Waals surface area contributed by atoms with Gasteiger partial charge in [-0.05, 0) is 44.6 Å². The molecule has 0 aliphatic carbocycles. The molecule has 2 rings (SSSR count). The lowest BCUT2D eigenvalue weighted by molar-refractivity contribution is 0.0804. The van der Waals surface area contributed by atoms with E-state index in [-0.39, 0.29) is 0 Å². The van der Waals surface area contributed by atoms with Crippen molar-refractivity contribution in [1.29, 1.82) is 0 Å². The largest absolute Gasteiger partial charge is 0.497 e. The molecule has 21 heavy (non-hydrogen) atoms. The molecular formula is C17H28N2O2. The van der Waals surface area contributed by atoms with Gasteiger partial charge in [-0.3, -0.25) is 4.90 Å². The fraction of sp³-hybridized carbons (Fsp3) is 0.647. The van der Waals surface area contributed by atoms with Gasteiger partial charge in [-0.15, -0.1) is 0 Å². The first-order valence-corrected chi connectivity index (χ1v) is 7.84. The van der Waals surface area contributed by atoms with Gasteiger partial charge in [-0.25, -0.2) is 0 Å². The molecule has 4 heteroatoms. The van der Waals surface area contributed by atoms with Crippen molar-refractivity contribution in [3.05, 3.63) is 29.8 Å².